The van der Waals surface area contributed by atoms with E-state index in [4.69, 9.17) is 9.47 Å². The van der Waals surface area contributed by atoms with Crippen LogP contribution in [0.15, 0.2) is 91.0 Å². The van der Waals surface area contributed by atoms with E-state index in [1.54, 1.807) is 14.7 Å². The Morgan fingerprint density at radius 3 is 2.44 bits per heavy atom. The Morgan fingerprint density at radius 1 is 0.918 bits per heavy atom. The van der Waals surface area contributed by atoms with Crippen molar-refractivity contribution >= 4 is 43.1 Å². The van der Waals surface area contributed by atoms with E-state index >= 15 is 4.79 Å². The first kappa shape index (κ1) is 42.8. The van der Waals surface area contributed by atoms with Crippen LogP contribution in [0.1, 0.15) is 60.9 Å². The van der Waals surface area contributed by atoms with E-state index in [9.17, 15) is 24.6 Å². The van der Waals surface area contributed by atoms with Gasteiger partial charge in [-0.2, -0.15) is 0 Å². The largest absolute Gasteiger partial charge is 0.494 e. The molecule has 12 nitrogen and oxygen atoms in total. The summed E-state index contributed by atoms with van der Waals surface area (Å²) in [7, 11) is -3.06. The van der Waals surface area contributed by atoms with Crippen molar-refractivity contribution < 1.29 is 38.9 Å². The minimum atomic E-state index is -3.06. The molecule has 8 rings (SSSR count). The molecule has 0 aromatic heterocycles. The average molecular weight is 847 g/mol. The van der Waals surface area contributed by atoms with Gasteiger partial charge < -0.3 is 39.6 Å². The van der Waals surface area contributed by atoms with Gasteiger partial charge in [0.05, 0.1) is 55.7 Å². The minimum absolute atomic E-state index is 0.0292. The third kappa shape index (κ3) is 7.92. The zero-order valence-corrected chi connectivity index (χ0v) is 36.5. The predicted molar refractivity (Wildman–Crippen MR) is 236 cm³/mol. The Labute approximate surface area is 359 Å². The highest BCUT2D eigenvalue weighted by Gasteiger charge is 2.66. The van der Waals surface area contributed by atoms with Gasteiger partial charge in [0.15, 0.2) is 13.9 Å². The topological polar surface area (TPSA) is 152 Å². The molecule has 4 aromatic rings. The van der Waals surface area contributed by atoms with Gasteiger partial charge in [-0.25, -0.2) is 0 Å². The van der Waals surface area contributed by atoms with E-state index in [-0.39, 0.29) is 49.9 Å². The first-order valence-electron chi connectivity index (χ1n) is 21.7. The number of rotatable bonds is 14. The number of anilines is 3. The molecule has 1 unspecified atom stereocenters. The summed E-state index contributed by atoms with van der Waals surface area (Å²) in [6, 6.07) is 28.2. The minimum Gasteiger partial charge on any atom is -0.494 e. The van der Waals surface area contributed by atoms with Gasteiger partial charge in [0.2, 0.25) is 11.8 Å². The summed E-state index contributed by atoms with van der Waals surface area (Å²) in [5, 5.41) is 23.1. The summed E-state index contributed by atoms with van der Waals surface area (Å²) < 4.78 is 12.8. The summed E-state index contributed by atoms with van der Waals surface area (Å²) in [5.74, 6) is -0.235. The number of amides is 3. The number of benzene rings is 4. The number of unbranched alkanes of at least 4 members (excludes halogenated alkanes) is 1. The maximum absolute atomic E-state index is 15.2. The molecule has 1 spiro atoms. The molecule has 4 heterocycles. The van der Waals surface area contributed by atoms with Crippen LogP contribution in [0.4, 0.5) is 17.1 Å². The van der Waals surface area contributed by atoms with Crippen LogP contribution in [0, 0.1) is 5.92 Å². The fraction of sp³-hybridized carbons (Fsp3) is 0.438. The van der Waals surface area contributed by atoms with Gasteiger partial charge in [0.25, 0.3) is 5.91 Å². The Hall–Kier alpha value is -4.89. The monoisotopic (exact) mass is 846 g/mol. The molecule has 0 saturated carbocycles. The van der Waals surface area contributed by atoms with Crippen LogP contribution in [0.2, 0.25) is 18.6 Å². The van der Waals surface area contributed by atoms with Crippen molar-refractivity contribution in [3.63, 3.8) is 0 Å². The Balaban J connectivity index is 1.09. The van der Waals surface area contributed by atoms with Gasteiger partial charge in [-0.05, 0) is 111 Å². The van der Waals surface area contributed by atoms with Crippen molar-refractivity contribution in [1.82, 2.24) is 10.2 Å². The van der Waals surface area contributed by atoms with Crippen molar-refractivity contribution in [2.75, 3.05) is 36.2 Å². The number of aliphatic hydroxyl groups is 2. The predicted octanol–water partition coefficient (Wildman–Crippen LogP) is 5.72. The SMILES string of the molecule is CCOc1ccc2c(c1)CC(NCCCCO)C(=O)N2c1cccc(CN2C(=O)[C@@]3(O[C@@H](CC(=O)N4Cc5ccccc5C[C@H]4CO)[C@H]([Si](C)(C)O)[C@H]3C)c3ccccc32)c1. The van der Waals surface area contributed by atoms with E-state index in [1.807, 2.05) is 118 Å². The molecular formula is C48H58N4O8Si. The van der Waals surface area contributed by atoms with Crippen LogP contribution >= 0.6 is 0 Å². The molecule has 4 aromatic carbocycles. The number of hydrogen-bond acceptors (Lipinski definition) is 9. The number of para-hydroxylation sites is 1. The summed E-state index contributed by atoms with van der Waals surface area (Å²) in [6.07, 6.45) is 1.67. The first-order valence-corrected chi connectivity index (χ1v) is 24.7. The summed E-state index contributed by atoms with van der Waals surface area (Å²) in [6.45, 7) is 9.21. The molecule has 13 heteroatoms. The van der Waals surface area contributed by atoms with Crippen molar-refractivity contribution in [3.8, 4) is 5.75 Å². The fourth-order valence-corrected chi connectivity index (χ4v) is 13.0. The van der Waals surface area contributed by atoms with E-state index in [0.29, 0.717) is 55.9 Å². The number of carbonyl (C=O) groups excluding carboxylic acids is 3. The smallest absolute Gasteiger partial charge is 0.264 e. The summed E-state index contributed by atoms with van der Waals surface area (Å²) >= 11 is 0. The normalized spacial score (nSPS) is 24.6. The number of aliphatic hydroxyl groups excluding tert-OH is 2. The highest BCUT2D eigenvalue weighted by Crippen LogP contribution is 2.60. The molecule has 1 saturated heterocycles. The molecule has 6 atom stereocenters. The van der Waals surface area contributed by atoms with Crippen molar-refractivity contribution in [3.05, 3.63) is 119 Å². The zero-order chi connectivity index (χ0) is 43.1. The molecule has 4 aliphatic rings. The molecule has 0 bridgehead atoms. The lowest BCUT2D eigenvalue weighted by molar-refractivity contribution is -0.151. The highest BCUT2D eigenvalue weighted by molar-refractivity contribution is 6.71. The molecule has 4 aliphatic heterocycles. The van der Waals surface area contributed by atoms with Crippen LogP contribution in [0.25, 0.3) is 0 Å². The molecule has 0 aliphatic carbocycles. The molecule has 1 fully saturated rings. The van der Waals surface area contributed by atoms with Crippen molar-refractivity contribution in [2.45, 2.75) is 101 Å². The molecular weight excluding hydrogens is 789 g/mol. The lowest BCUT2D eigenvalue weighted by Gasteiger charge is -2.37. The van der Waals surface area contributed by atoms with Gasteiger partial charge in [0, 0.05) is 35.9 Å². The lowest BCUT2D eigenvalue weighted by Crippen LogP contribution is -2.49. The van der Waals surface area contributed by atoms with E-state index in [2.05, 4.69) is 5.32 Å². The highest BCUT2D eigenvalue weighted by atomic mass is 28.4. The molecule has 61 heavy (non-hydrogen) atoms. The molecule has 322 valence electrons. The van der Waals surface area contributed by atoms with Gasteiger partial charge in [-0.15, -0.1) is 0 Å². The van der Waals surface area contributed by atoms with Gasteiger partial charge in [-0.1, -0.05) is 61.5 Å². The number of nitrogens with zero attached hydrogens (tertiary/aromatic N) is 3. The number of fused-ring (bicyclic) bond motifs is 4. The van der Waals surface area contributed by atoms with E-state index < -0.39 is 37.5 Å². The number of carbonyl (C=O) groups is 3. The quantitative estimate of drug-likeness (QED) is 0.0924. The molecule has 4 N–H and O–H groups in total. The first-order chi connectivity index (χ1) is 29.4. The summed E-state index contributed by atoms with van der Waals surface area (Å²) in [4.78, 5) is 60.9. The van der Waals surface area contributed by atoms with Gasteiger partial charge in [-0.3, -0.25) is 19.3 Å². The second-order valence-electron chi connectivity index (χ2n) is 17.5. The second kappa shape index (κ2) is 17.5. The van der Waals surface area contributed by atoms with Crippen LogP contribution in [0.3, 0.4) is 0 Å². The van der Waals surface area contributed by atoms with Crippen LogP contribution in [-0.4, -0.2) is 90.5 Å². The molecule has 0 radical (unpaired) electrons. The third-order valence-electron chi connectivity index (χ3n) is 13.2. The van der Waals surface area contributed by atoms with Crippen LogP contribution in [0.5, 0.6) is 5.75 Å². The van der Waals surface area contributed by atoms with Gasteiger partial charge in [0.1, 0.15) is 5.75 Å². The van der Waals surface area contributed by atoms with Crippen molar-refractivity contribution in [2.24, 2.45) is 5.92 Å². The van der Waals surface area contributed by atoms with Crippen molar-refractivity contribution in [1.29, 1.82) is 0 Å². The number of hydrogen-bond donors (Lipinski definition) is 4. The number of nitrogens with one attached hydrogen (secondary N) is 1. The lowest BCUT2D eigenvalue weighted by atomic mass is 9.82. The Bertz CT molecular complexity index is 2280. The second-order valence-corrected chi connectivity index (χ2v) is 21.5. The number of ether oxygens (including phenoxy) is 2. The Morgan fingerprint density at radius 2 is 1.69 bits per heavy atom. The van der Waals surface area contributed by atoms with E-state index in [1.165, 1.54) is 0 Å². The maximum Gasteiger partial charge on any atom is 0.264 e. The van der Waals surface area contributed by atoms with Crippen LogP contribution in [-0.2, 0) is 50.7 Å². The molecule has 3 amide bonds. The third-order valence-corrected chi connectivity index (χ3v) is 15.7. The van der Waals surface area contributed by atoms with Gasteiger partial charge >= 0.3 is 0 Å². The maximum atomic E-state index is 15.2. The van der Waals surface area contributed by atoms with Crippen LogP contribution < -0.4 is 19.9 Å². The standard InChI is InChI=1S/C48H58N4O8Si/c1-5-59-38-19-20-41-35(25-38)26-40(49-21-10-11-22-53)46(56)52(41)36-16-12-13-32(23-36)28-51-42-18-9-8-17-39(42)48(47(51)57)31(2)45(61(3,4)58)43(60-48)27-44(55)50-29-34-15-7-6-14-33(34)24-37(50)30-54/h6-9,12-20,23,25,31,37,40,43,45,49,53-54,58H,5,10-11,21-22,24,26-30H2,1-4H3/t31-,37+,40?,43+,45-,48+/m1/s1. The fourth-order valence-electron chi connectivity index (χ4n) is 10.4. The van der Waals surface area contributed by atoms with E-state index in [0.717, 1.165) is 40.1 Å². The zero-order valence-electron chi connectivity index (χ0n) is 35.5. The summed E-state index contributed by atoms with van der Waals surface area (Å²) in [5.41, 5.74) is 4.92. The average Bonchev–Trinajstić information content (AvgIpc) is 3.68. The Kier molecular flexibility index (Phi) is 12.3.